The summed E-state index contributed by atoms with van der Waals surface area (Å²) in [6.45, 7) is 3.67. The highest BCUT2D eigenvalue weighted by Crippen LogP contribution is 2.15. The zero-order chi connectivity index (χ0) is 9.14. The Morgan fingerprint density at radius 3 is 2.67 bits per heavy atom. The largest absolute Gasteiger partial charge is 0.411 e. The molecule has 0 fully saturated rings. The highest BCUT2D eigenvalue weighted by molar-refractivity contribution is 6.30. The Hall–Kier alpha value is -1.02. The molecule has 0 saturated carbocycles. The molecule has 0 amide bonds. The molecule has 2 nitrogen and oxygen atoms in total. The third kappa shape index (κ3) is 1.77. The Morgan fingerprint density at radius 1 is 1.50 bits per heavy atom. The van der Waals surface area contributed by atoms with E-state index in [0.29, 0.717) is 10.7 Å². The van der Waals surface area contributed by atoms with Gasteiger partial charge in [-0.05, 0) is 31.5 Å². The molecule has 0 unspecified atom stereocenters. The van der Waals surface area contributed by atoms with Crippen LogP contribution in [0.5, 0.6) is 0 Å². The van der Waals surface area contributed by atoms with Crippen molar-refractivity contribution in [1.82, 2.24) is 0 Å². The lowest BCUT2D eigenvalue weighted by Gasteiger charge is -2.03. The van der Waals surface area contributed by atoms with E-state index in [4.69, 9.17) is 16.8 Å². The molecule has 1 aromatic carbocycles. The van der Waals surface area contributed by atoms with E-state index in [2.05, 4.69) is 5.16 Å². The molecule has 0 saturated heterocycles. The molecule has 1 rings (SSSR count). The zero-order valence-corrected chi connectivity index (χ0v) is 7.76. The fourth-order valence-electron chi connectivity index (χ4n) is 1.09. The van der Waals surface area contributed by atoms with Gasteiger partial charge >= 0.3 is 0 Å². The van der Waals surface area contributed by atoms with Gasteiger partial charge in [-0.2, -0.15) is 0 Å². The summed E-state index contributed by atoms with van der Waals surface area (Å²) >= 11 is 5.76. The van der Waals surface area contributed by atoms with Crippen LogP contribution < -0.4 is 0 Å². The fourth-order valence-corrected chi connectivity index (χ4v) is 1.31. The summed E-state index contributed by atoms with van der Waals surface area (Å²) in [4.78, 5) is 0. The number of oxime groups is 1. The van der Waals surface area contributed by atoms with Gasteiger partial charge in [-0.3, -0.25) is 0 Å². The summed E-state index contributed by atoms with van der Waals surface area (Å²) in [5, 5.41) is 12.4. The summed E-state index contributed by atoms with van der Waals surface area (Å²) in [5.74, 6) is 0. The third-order valence-corrected chi connectivity index (χ3v) is 1.96. The van der Waals surface area contributed by atoms with Crippen molar-refractivity contribution >= 4 is 17.3 Å². The van der Waals surface area contributed by atoms with E-state index in [1.165, 1.54) is 0 Å². The van der Waals surface area contributed by atoms with Crippen molar-refractivity contribution in [2.24, 2.45) is 5.16 Å². The first-order valence-corrected chi connectivity index (χ1v) is 3.98. The number of aryl methyl sites for hydroxylation is 1. The first kappa shape index (κ1) is 9.07. The minimum Gasteiger partial charge on any atom is -0.411 e. The second kappa shape index (κ2) is 3.59. The van der Waals surface area contributed by atoms with E-state index < -0.39 is 0 Å². The van der Waals surface area contributed by atoms with E-state index in [1.54, 1.807) is 13.0 Å². The summed E-state index contributed by atoms with van der Waals surface area (Å²) in [5.41, 5.74) is 2.53. The molecule has 0 heterocycles. The van der Waals surface area contributed by atoms with E-state index in [9.17, 15) is 0 Å². The van der Waals surface area contributed by atoms with Crippen LogP contribution in [0, 0.1) is 6.92 Å². The first-order valence-electron chi connectivity index (χ1n) is 3.60. The van der Waals surface area contributed by atoms with Crippen LogP contribution in [0.4, 0.5) is 0 Å². The lowest BCUT2D eigenvalue weighted by molar-refractivity contribution is 0.319. The smallest absolute Gasteiger partial charge is 0.0839 e. The van der Waals surface area contributed by atoms with Crippen LogP contribution in [0.1, 0.15) is 18.1 Å². The van der Waals surface area contributed by atoms with Gasteiger partial charge in [-0.15, -0.1) is 0 Å². The molecule has 0 aliphatic rings. The number of hydrogen-bond acceptors (Lipinski definition) is 2. The molecule has 0 atom stereocenters. The lowest BCUT2D eigenvalue weighted by Crippen LogP contribution is -1.97. The van der Waals surface area contributed by atoms with Crippen LogP contribution in [0.2, 0.25) is 5.02 Å². The van der Waals surface area contributed by atoms with Crippen LogP contribution in [0.3, 0.4) is 0 Å². The first-order chi connectivity index (χ1) is 5.65. The van der Waals surface area contributed by atoms with Gasteiger partial charge in [-0.25, -0.2) is 0 Å². The molecule has 1 N–H and O–H groups in total. The van der Waals surface area contributed by atoms with Crippen molar-refractivity contribution in [3.05, 3.63) is 34.3 Å². The number of nitrogens with zero attached hydrogens (tertiary/aromatic N) is 1. The summed E-state index contributed by atoms with van der Waals surface area (Å²) in [6, 6.07) is 5.46. The van der Waals surface area contributed by atoms with E-state index in [-0.39, 0.29) is 0 Å². The van der Waals surface area contributed by atoms with Gasteiger partial charge < -0.3 is 5.21 Å². The van der Waals surface area contributed by atoms with Crippen molar-refractivity contribution in [2.75, 3.05) is 0 Å². The number of benzene rings is 1. The second-order valence-electron chi connectivity index (χ2n) is 2.64. The number of hydrogen-bond donors (Lipinski definition) is 1. The average Bonchev–Trinajstić information content (AvgIpc) is 2.03. The SMILES string of the molecule is CC(=NO)c1ccc(Cl)cc1C. The quantitative estimate of drug-likeness (QED) is 0.405. The number of halogens is 1. The van der Waals surface area contributed by atoms with Gasteiger partial charge in [0.15, 0.2) is 0 Å². The predicted octanol–water partition coefficient (Wildman–Crippen LogP) is 2.85. The maximum Gasteiger partial charge on any atom is 0.0839 e. The Bertz CT molecular complexity index is 320. The Kier molecular flexibility index (Phi) is 2.71. The monoisotopic (exact) mass is 183 g/mol. The van der Waals surface area contributed by atoms with Crippen molar-refractivity contribution < 1.29 is 5.21 Å². The normalized spacial score (nSPS) is 11.8. The van der Waals surface area contributed by atoms with E-state index in [0.717, 1.165) is 11.1 Å². The molecule has 0 aromatic heterocycles. The third-order valence-electron chi connectivity index (χ3n) is 1.73. The molecule has 0 aliphatic carbocycles. The zero-order valence-electron chi connectivity index (χ0n) is 7.00. The molecule has 0 spiro atoms. The van der Waals surface area contributed by atoms with Gasteiger partial charge in [0.2, 0.25) is 0 Å². The Balaban J connectivity index is 3.18. The molecule has 12 heavy (non-hydrogen) atoms. The molecule has 64 valence electrons. The van der Waals surface area contributed by atoms with Crippen LogP contribution in [-0.2, 0) is 0 Å². The Morgan fingerprint density at radius 2 is 2.17 bits per heavy atom. The van der Waals surface area contributed by atoms with Crippen LogP contribution in [-0.4, -0.2) is 10.9 Å². The van der Waals surface area contributed by atoms with Crippen molar-refractivity contribution in [2.45, 2.75) is 13.8 Å². The van der Waals surface area contributed by atoms with Crippen molar-refractivity contribution in [1.29, 1.82) is 0 Å². The Labute approximate surface area is 76.5 Å². The second-order valence-corrected chi connectivity index (χ2v) is 3.08. The van der Waals surface area contributed by atoms with Gasteiger partial charge in [0, 0.05) is 10.6 Å². The van der Waals surface area contributed by atoms with Crippen molar-refractivity contribution in [3.8, 4) is 0 Å². The van der Waals surface area contributed by atoms with Crippen LogP contribution in [0.15, 0.2) is 23.4 Å². The average molecular weight is 184 g/mol. The molecule has 0 radical (unpaired) electrons. The van der Waals surface area contributed by atoms with Gasteiger partial charge in [-0.1, -0.05) is 22.8 Å². The lowest BCUT2D eigenvalue weighted by atomic mass is 10.1. The molecular formula is C9H10ClNO. The highest BCUT2D eigenvalue weighted by Gasteiger charge is 2.01. The minimum absolute atomic E-state index is 0.601. The van der Waals surface area contributed by atoms with Crippen LogP contribution >= 0.6 is 11.6 Å². The maximum absolute atomic E-state index is 8.54. The summed E-state index contributed by atoms with van der Waals surface area (Å²) in [6.07, 6.45) is 0. The summed E-state index contributed by atoms with van der Waals surface area (Å²) in [7, 11) is 0. The van der Waals surface area contributed by atoms with E-state index >= 15 is 0 Å². The molecule has 0 aliphatic heterocycles. The molecular weight excluding hydrogens is 174 g/mol. The number of rotatable bonds is 1. The maximum atomic E-state index is 8.54. The van der Waals surface area contributed by atoms with Gasteiger partial charge in [0.1, 0.15) is 0 Å². The van der Waals surface area contributed by atoms with Crippen molar-refractivity contribution in [3.63, 3.8) is 0 Å². The van der Waals surface area contributed by atoms with Gasteiger partial charge in [0.05, 0.1) is 5.71 Å². The molecule has 3 heteroatoms. The predicted molar refractivity (Wildman–Crippen MR) is 50.2 cm³/mol. The molecule has 1 aromatic rings. The van der Waals surface area contributed by atoms with E-state index in [1.807, 2.05) is 19.1 Å². The minimum atomic E-state index is 0.601. The van der Waals surface area contributed by atoms with Crippen LogP contribution in [0.25, 0.3) is 0 Å². The topological polar surface area (TPSA) is 32.6 Å². The molecule has 0 bridgehead atoms. The summed E-state index contributed by atoms with van der Waals surface area (Å²) < 4.78 is 0. The van der Waals surface area contributed by atoms with Gasteiger partial charge in [0.25, 0.3) is 0 Å². The standard InChI is InChI=1S/C9H10ClNO/c1-6-5-8(10)3-4-9(6)7(2)11-12/h3-5,12H,1-2H3. The highest BCUT2D eigenvalue weighted by atomic mass is 35.5. The fraction of sp³-hybridized carbons (Fsp3) is 0.222.